The van der Waals surface area contributed by atoms with Gasteiger partial charge in [0.1, 0.15) is 5.75 Å². The summed E-state index contributed by atoms with van der Waals surface area (Å²) in [4.78, 5) is 1.06. The van der Waals surface area contributed by atoms with Crippen molar-refractivity contribution >= 4 is 11.3 Å². The molecule has 0 aliphatic heterocycles. The lowest BCUT2D eigenvalue weighted by Gasteiger charge is -2.17. The lowest BCUT2D eigenvalue weighted by atomic mass is 10.0. The molecule has 0 bridgehead atoms. The molecule has 2 nitrogen and oxygen atoms in total. The van der Waals surface area contributed by atoms with Crippen molar-refractivity contribution in [3.63, 3.8) is 0 Å². The predicted octanol–water partition coefficient (Wildman–Crippen LogP) is 4.32. The first-order chi connectivity index (χ1) is 10.2. The zero-order valence-electron chi connectivity index (χ0n) is 12.2. The Bertz CT molecular complexity index is 585. The molecular weight excluding hydrogens is 292 g/mol. The van der Waals surface area contributed by atoms with E-state index in [0.29, 0.717) is 12.0 Å². The van der Waals surface area contributed by atoms with E-state index in [2.05, 4.69) is 12.2 Å². The van der Waals surface area contributed by atoms with E-state index in [1.54, 1.807) is 30.6 Å². The summed E-state index contributed by atoms with van der Waals surface area (Å²) in [6, 6.07) is 6.20. The zero-order chi connectivity index (χ0) is 15.2. The molecule has 0 aliphatic carbocycles. The molecule has 0 aliphatic rings. The molecule has 0 amide bonds. The Morgan fingerprint density at radius 1 is 1.33 bits per heavy atom. The van der Waals surface area contributed by atoms with Crippen molar-refractivity contribution in [2.45, 2.75) is 25.8 Å². The van der Waals surface area contributed by atoms with Crippen molar-refractivity contribution in [2.24, 2.45) is 0 Å². The van der Waals surface area contributed by atoms with Crippen LogP contribution in [0.5, 0.6) is 5.75 Å². The average Bonchev–Trinajstić information content (AvgIpc) is 2.96. The van der Waals surface area contributed by atoms with E-state index in [9.17, 15) is 8.78 Å². The number of ether oxygens (including phenoxy) is 1. The van der Waals surface area contributed by atoms with Gasteiger partial charge in [-0.3, -0.25) is 0 Å². The van der Waals surface area contributed by atoms with E-state index in [1.807, 2.05) is 11.4 Å². The van der Waals surface area contributed by atoms with Crippen LogP contribution in [0.15, 0.2) is 29.6 Å². The first kappa shape index (κ1) is 15.9. The maximum Gasteiger partial charge on any atom is 0.162 e. The van der Waals surface area contributed by atoms with Crippen LogP contribution in [-0.4, -0.2) is 13.7 Å². The van der Waals surface area contributed by atoms with Crippen LogP contribution in [0.1, 0.15) is 29.8 Å². The number of benzene rings is 1. The van der Waals surface area contributed by atoms with Crippen molar-refractivity contribution in [1.82, 2.24) is 5.32 Å². The Kier molecular flexibility index (Phi) is 5.70. The Morgan fingerprint density at radius 2 is 2.14 bits per heavy atom. The smallest absolute Gasteiger partial charge is 0.162 e. The van der Waals surface area contributed by atoms with E-state index in [1.165, 1.54) is 0 Å². The summed E-state index contributed by atoms with van der Waals surface area (Å²) < 4.78 is 32.4. The highest BCUT2D eigenvalue weighted by atomic mass is 32.1. The maximum atomic E-state index is 13.8. The predicted molar refractivity (Wildman–Crippen MR) is 82.0 cm³/mol. The number of thiophene rings is 1. The molecule has 0 fully saturated rings. The minimum absolute atomic E-state index is 0.0462. The number of hydrogen-bond donors (Lipinski definition) is 1. The van der Waals surface area contributed by atoms with Crippen LogP contribution in [0.2, 0.25) is 0 Å². The number of hydrogen-bond acceptors (Lipinski definition) is 3. The molecule has 1 unspecified atom stereocenters. The first-order valence-corrected chi connectivity index (χ1v) is 7.82. The standard InChI is InChI=1S/C16H19F2NOS/c1-3-7-19-14(15-9-12(20-2)10-21-15)8-11-5-4-6-13(17)16(11)18/h4-6,9-10,14,19H,3,7-8H2,1-2H3. The second-order valence-corrected chi connectivity index (χ2v) is 5.76. The molecule has 1 aromatic carbocycles. The van der Waals surface area contributed by atoms with Crippen LogP contribution in [-0.2, 0) is 6.42 Å². The summed E-state index contributed by atoms with van der Waals surface area (Å²) in [5, 5.41) is 5.30. The van der Waals surface area contributed by atoms with Gasteiger partial charge in [0.25, 0.3) is 0 Å². The van der Waals surface area contributed by atoms with Crippen LogP contribution < -0.4 is 10.1 Å². The molecule has 0 saturated heterocycles. The molecule has 21 heavy (non-hydrogen) atoms. The summed E-state index contributed by atoms with van der Waals surface area (Å²) in [5.41, 5.74) is 0.385. The fraction of sp³-hybridized carbons (Fsp3) is 0.375. The maximum absolute atomic E-state index is 13.8. The fourth-order valence-electron chi connectivity index (χ4n) is 2.14. The van der Waals surface area contributed by atoms with Gasteiger partial charge in [-0.05, 0) is 37.1 Å². The fourth-order valence-corrected chi connectivity index (χ4v) is 3.07. The van der Waals surface area contributed by atoms with E-state index < -0.39 is 11.6 Å². The van der Waals surface area contributed by atoms with Crippen molar-refractivity contribution < 1.29 is 13.5 Å². The van der Waals surface area contributed by atoms with Crippen molar-refractivity contribution in [2.75, 3.05) is 13.7 Å². The number of halogens is 2. The Balaban J connectivity index is 2.21. The molecule has 5 heteroatoms. The molecule has 1 heterocycles. The van der Waals surface area contributed by atoms with Crippen LogP contribution in [0.3, 0.4) is 0 Å². The average molecular weight is 311 g/mol. The highest BCUT2D eigenvalue weighted by molar-refractivity contribution is 7.10. The highest BCUT2D eigenvalue weighted by Crippen LogP contribution is 2.29. The molecule has 0 spiro atoms. The number of nitrogens with one attached hydrogen (secondary N) is 1. The second-order valence-electron chi connectivity index (χ2n) is 4.81. The van der Waals surface area contributed by atoms with E-state index >= 15 is 0 Å². The van der Waals surface area contributed by atoms with Crippen LogP contribution in [0.25, 0.3) is 0 Å². The van der Waals surface area contributed by atoms with Gasteiger partial charge in [-0.1, -0.05) is 19.1 Å². The highest BCUT2D eigenvalue weighted by Gasteiger charge is 2.17. The third-order valence-corrected chi connectivity index (χ3v) is 4.30. The van der Waals surface area contributed by atoms with Crippen molar-refractivity contribution in [3.05, 3.63) is 51.7 Å². The molecule has 1 aromatic heterocycles. The summed E-state index contributed by atoms with van der Waals surface area (Å²) in [6.45, 7) is 2.89. The largest absolute Gasteiger partial charge is 0.496 e. The number of methoxy groups -OCH3 is 1. The minimum atomic E-state index is -0.800. The van der Waals surface area contributed by atoms with Crippen molar-refractivity contribution in [1.29, 1.82) is 0 Å². The number of rotatable bonds is 7. The van der Waals surface area contributed by atoms with Gasteiger partial charge in [-0.2, -0.15) is 0 Å². The van der Waals surface area contributed by atoms with E-state index in [0.717, 1.165) is 29.7 Å². The van der Waals surface area contributed by atoms with Gasteiger partial charge in [0, 0.05) is 16.3 Å². The molecule has 0 saturated carbocycles. The lowest BCUT2D eigenvalue weighted by Crippen LogP contribution is -2.23. The Morgan fingerprint density at radius 3 is 2.81 bits per heavy atom. The molecular formula is C16H19F2NOS. The summed E-state index contributed by atoms with van der Waals surface area (Å²) in [6.07, 6.45) is 1.39. The zero-order valence-corrected chi connectivity index (χ0v) is 13.0. The van der Waals surface area contributed by atoms with E-state index in [-0.39, 0.29) is 6.04 Å². The monoisotopic (exact) mass is 311 g/mol. The normalized spacial score (nSPS) is 12.4. The third kappa shape index (κ3) is 4.02. The first-order valence-electron chi connectivity index (χ1n) is 6.94. The summed E-state index contributed by atoms with van der Waals surface area (Å²) >= 11 is 1.56. The van der Waals surface area contributed by atoms with Crippen molar-refractivity contribution in [3.8, 4) is 5.75 Å². The molecule has 2 rings (SSSR count). The van der Waals surface area contributed by atoms with Crippen LogP contribution >= 0.6 is 11.3 Å². The van der Waals surface area contributed by atoms with Gasteiger partial charge in [0.15, 0.2) is 11.6 Å². The molecule has 114 valence electrons. The second kappa shape index (κ2) is 7.52. The quantitative estimate of drug-likeness (QED) is 0.822. The summed E-state index contributed by atoms with van der Waals surface area (Å²) in [5.74, 6) is -0.771. The van der Waals surface area contributed by atoms with Gasteiger partial charge in [-0.15, -0.1) is 11.3 Å². The van der Waals surface area contributed by atoms with Gasteiger partial charge in [-0.25, -0.2) is 8.78 Å². The van der Waals surface area contributed by atoms with Gasteiger partial charge < -0.3 is 10.1 Å². The third-order valence-electron chi connectivity index (χ3n) is 3.27. The SMILES string of the molecule is CCCNC(Cc1cccc(F)c1F)c1cc(OC)cs1. The topological polar surface area (TPSA) is 21.3 Å². The molecule has 1 N–H and O–H groups in total. The molecule has 2 aromatic rings. The molecule has 1 atom stereocenters. The molecule has 0 radical (unpaired) electrons. The summed E-state index contributed by atoms with van der Waals surface area (Å²) in [7, 11) is 1.62. The van der Waals surface area contributed by atoms with Gasteiger partial charge in [0.2, 0.25) is 0 Å². The Labute approximate surface area is 127 Å². The minimum Gasteiger partial charge on any atom is -0.496 e. The van der Waals surface area contributed by atoms with Crippen LogP contribution in [0.4, 0.5) is 8.78 Å². The lowest BCUT2D eigenvalue weighted by molar-refractivity contribution is 0.415. The van der Waals surface area contributed by atoms with Gasteiger partial charge in [0.05, 0.1) is 7.11 Å². The Hall–Kier alpha value is -1.46. The van der Waals surface area contributed by atoms with E-state index in [4.69, 9.17) is 4.74 Å². The van der Waals surface area contributed by atoms with Crippen LogP contribution in [0, 0.1) is 11.6 Å². The van der Waals surface area contributed by atoms with Gasteiger partial charge >= 0.3 is 0 Å².